The summed E-state index contributed by atoms with van der Waals surface area (Å²) in [6, 6.07) is 6.94. The minimum atomic E-state index is -4.01. The fourth-order valence-corrected chi connectivity index (χ4v) is 2.64. The number of hydrogen-bond donors (Lipinski definition) is 2. The van der Waals surface area contributed by atoms with Crippen LogP contribution in [0.1, 0.15) is 5.76 Å². The SMILES string of the molecule is Nc1cccc(F)c1S(=O)(=O)NCc1ccco1. The molecule has 2 aromatic rings. The average Bonchev–Trinajstić information content (AvgIpc) is 2.78. The van der Waals surface area contributed by atoms with Crippen LogP contribution in [-0.2, 0) is 16.6 Å². The first-order chi connectivity index (χ1) is 8.50. The Hall–Kier alpha value is -1.86. The van der Waals surface area contributed by atoms with Gasteiger partial charge in [-0.2, -0.15) is 0 Å². The van der Waals surface area contributed by atoms with Crippen molar-refractivity contribution >= 4 is 15.7 Å². The van der Waals surface area contributed by atoms with Gasteiger partial charge in [0.2, 0.25) is 10.0 Å². The van der Waals surface area contributed by atoms with Crippen LogP contribution in [0.5, 0.6) is 0 Å². The summed E-state index contributed by atoms with van der Waals surface area (Å²) in [4.78, 5) is -0.545. The first-order valence-corrected chi connectivity index (χ1v) is 6.55. The Bertz CT molecular complexity index is 618. The smallest absolute Gasteiger partial charge is 0.245 e. The summed E-state index contributed by atoms with van der Waals surface area (Å²) in [6.45, 7) is -0.0664. The van der Waals surface area contributed by atoms with Gasteiger partial charge in [0.25, 0.3) is 0 Å². The van der Waals surface area contributed by atoms with Crippen LogP contribution in [0, 0.1) is 5.82 Å². The van der Waals surface area contributed by atoms with Crippen molar-refractivity contribution in [2.45, 2.75) is 11.4 Å². The largest absolute Gasteiger partial charge is 0.468 e. The average molecular weight is 270 g/mol. The van der Waals surface area contributed by atoms with Crippen molar-refractivity contribution < 1.29 is 17.2 Å². The van der Waals surface area contributed by atoms with Crippen molar-refractivity contribution in [2.75, 3.05) is 5.73 Å². The van der Waals surface area contributed by atoms with Crippen LogP contribution >= 0.6 is 0 Å². The number of hydrogen-bond acceptors (Lipinski definition) is 4. The molecule has 1 heterocycles. The fraction of sp³-hybridized carbons (Fsp3) is 0.0909. The van der Waals surface area contributed by atoms with Crippen molar-refractivity contribution in [2.24, 2.45) is 0 Å². The summed E-state index contributed by atoms with van der Waals surface area (Å²) >= 11 is 0. The lowest BCUT2D eigenvalue weighted by Crippen LogP contribution is -2.25. The molecule has 0 aliphatic carbocycles. The van der Waals surface area contributed by atoms with E-state index in [0.717, 1.165) is 6.07 Å². The molecule has 1 aromatic carbocycles. The number of halogens is 1. The maximum atomic E-state index is 13.5. The standard InChI is InChI=1S/C11H11FN2O3S/c12-9-4-1-5-10(13)11(9)18(15,16)14-7-8-3-2-6-17-8/h1-6,14H,7,13H2. The van der Waals surface area contributed by atoms with Crippen LogP contribution in [0.3, 0.4) is 0 Å². The monoisotopic (exact) mass is 270 g/mol. The van der Waals surface area contributed by atoms with Gasteiger partial charge in [0.1, 0.15) is 16.5 Å². The lowest BCUT2D eigenvalue weighted by atomic mass is 10.3. The molecule has 0 atom stereocenters. The van der Waals surface area contributed by atoms with Gasteiger partial charge < -0.3 is 10.2 Å². The van der Waals surface area contributed by atoms with E-state index in [1.54, 1.807) is 12.1 Å². The zero-order chi connectivity index (χ0) is 13.2. The molecule has 0 bridgehead atoms. The fourth-order valence-electron chi connectivity index (χ4n) is 1.46. The molecule has 96 valence electrons. The van der Waals surface area contributed by atoms with Crippen molar-refractivity contribution in [1.82, 2.24) is 4.72 Å². The van der Waals surface area contributed by atoms with Gasteiger partial charge in [-0.15, -0.1) is 0 Å². The predicted molar refractivity (Wildman–Crippen MR) is 63.5 cm³/mol. The van der Waals surface area contributed by atoms with E-state index in [-0.39, 0.29) is 12.2 Å². The van der Waals surface area contributed by atoms with Gasteiger partial charge in [0.05, 0.1) is 18.5 Å². The van der Waals surface area contributed by atoms with Crippen molar-refractivity contribution in [3.8, 4) is 0 Å². The molecule has 0 spiro atoms. The lowest BCUT2D eigenvalue weighted by molar-refractivity contribution is 0.497. The van der Waals surface area contributed by atoms with Crippen LogP contribution in [0.25, 0.3) is 0 Å². The third-order valence-corrected chi connectivity index (χ3v) is 3.78. The molecular weight excluding hydrogens is 259 g/mol. The molecule has 0 fully saturated rings. The second-order valence-corrected chi connectivity index (χ2v) is 5.27. The quantitative estimate of drug-likeness (QED) is 0.824. The summed E-state index contributed by atoms with van der Waals surface area (Å²) in [5.41, 5.74) is 5.34. The van der Waals surface area contributed by atoms with Crippen LogP contribution in [0.2, 0.25) is 0 Å². The molecule has 0 amide bonds. The Morgan fingerprint density at radius 2 is 2.06 bits per heavy atom. The predicted octanol–water partition coefficient (Wildman–Crippen LogP) is 1.48. The Labute approximate surface area is 103 Å². The Morgan fingerprint density at radius 1 is 1.28 bits per heavy atom. The molecule has 0 aliphatic heterocycles. The van der Waals surface area contributed by atoms with Gasteiger partial charge in [-0.05, 0) is 24.3 Å². The highest BCUT2D eigenvalue weighted by atomic mass is 32.2. The summed E-state index contributed by atoms with van der Waals surface area (Å²) in [6.07, 6.45) is 1.42. The van der Waals surface area contributed by atoms with Gasteiger partial charge in [0, 0.05) is 0 Å². The molecule has 5 nitrogen and oxygen atoms in total. The maximum absolute atomic E-state index is 13.5. The third-order valence-electron chi connectivity index (χ3n) is 2.28. The number of nitrogens with two attached hydrogens (primary N) is 1. The minimum absolute atomic E-state index is 0.0664. The second-order valence-electron chi connectivity index (χ2n) is 3.56. The maximum Gasteiger partial charge on any atom is 0.245 e. The third kappa shape index (κ3) is 2.52. The minimum Gasteiger partial charge on any atom is -0.468 e. The number of benzene rings is 1. The summed E-state index contributed by atoms with van der Waals surface area (Å²) < 4.78 is 44.5. The normalized spacial score (nSPS) is 11.6. The number of nitrogen functional groups attached to an aromatic ring is 1. The van der Waals surface area contributed by atoms with Gasteiger partial charge in [-0.1, -0.05) is 6.07 Å². The highest BCUT2D eigenvalue weighted by Gasteiger charge is 2.22. The second kappa shape index (κ2) is 4.79. The van der Waals surface area contributed by atoms with Gasteiger partial charge in [0.15, 0.2) is 0 Å². The Kier molecular flexibility index (Phi) is 3.35. The van der Waals surface area contributed by atoms with E-state index in [1.807, 2.05) is 0 Å². The van der Waals surface area contributed by atoms with Gasteiger partial charge >= 0.3 is 0 Å². The number of sulfonamides is 1. The lowest BCUT2D eigenvalue weighted by Gasteiger charge is -2.08. The topological polar surface area (TPSA) is 85.3 Å². The zero-order valence-electron chi connectivity index (χ0n) is 9.26. The van der Waals surface area contributed by atoms with Crippen LogP contribution in [-0.4, -0.2) is 8.42 Å². The van der Waals surface area contributed by atoms with E-state index in [0.29, 0.717) is 5.76 Å². The van der Waals surface area contributed by atoms with Crippen molar-refractivity contribution in [3.05, 3.63) is 48.2 Å². The molecule has 0 saturated carbocycles. The number of anilines is 1. The van der Waals surface area contributed by atoms with E-state index < -0.39 is 20.7 Å². The Morgan fingerprint density at radius 3 is 2.67 bits per heavy atom. The van der Waals surface area contributed by atoms with Crippen molar-refractivity contribution in [1.29, 1.82) is 0 Å². The number of furan rings is 1. The molecule has 1 aromatic heterocycles. The molecule has 7 heteroatoms. The molecule has 0 unspecified atom stereocenters. The molecule has 18 heavy (non-hydrogen) atoms. The molecule has 0 saturated heterocycles. The molecule has 3 N–H and O–H groups in total. The van der Waals surface area contributed by atoms with Crippen LogP contribution in [0.15, 0.2) is 45.9 Å². The zero-order valence-corrected chi connectivity index (χ0v) is 10.1. The summed E-state index contributed by atoms with van der Waals surface area (Å²) in [7, 11) is -4.01. The van der Waals surface area contributed by atoms with Gasteiger partial charge in [-0.25, -0.2) is 17.5 Å². The van der Waals surface area contributed by atoms with E-state index in [1.165, 1.54) is 18.4 Å². The van der Waals surface area contributed by atoms with Crippen LogP contribution < -0.4 is 10.5 Å². The van der Waals surface area contributed by atoms with Crippen LogP contribution in [0.4, 0.5) is 10.1 Å². The van der Waals surface area contributed by atoms with Gasteiger partial charge in [-0.3, -0.25) is 0 Å². The van der Waals surface area contributed by atoms with E-state index in [2.05, 4.69) is 4.72 Å². The van der Waals surface area contributed by atoms with E-state index in [4.69, 9.17) is 10.2 Å². The first kappa shape index (κ1) is 12.6. The Balaban J connectivity index is 2.26. The highest BCUT2D eigenvalue weighted by Crippen LogP contribution is 2.21. The van der Waals surface area contributed by atoms with Crippen molar-refractivity contribution in [3.63, 3.8) is 0 Å². The summed E-state index contributed by atoms with van der Waals surface area (Å²) in [5.74, 6) is -0.463. The van der Waals surface area contributed by atoms with E-state index >= 15 is 0 Å². The first-order valence-electron chi connectivity index (χ1n) is 5.07. The molecular formula is C11H11FN2O3S. The number of nitrogens with one attached hydrogen (secondary N) is 1. The number of rotatable bonds is 4. The highest BCUT2D eigenvalue weighted by molar-refractivity contribution is 7.89. The molecule has 2 rings (SSSR count). The van der Waals surface area contributed by atoms with E-state index in [9.17, 15) is 12.8 Å². The summed E-state index contributed by atoms with van der Waals surface area (Å²) in [5, 5.41) is 0. The molecule has 0 radical (unpaired) electrons. The molecule has 0 aliphatic rings.